The van der Waals surface area contributed by atoms with Crippen molar-refractivity contribution in [1.29, 1.82) is 0 Å². The number of thioether (sulfide) groups is 1. The number of carboxylic acids is 1. The van der Waals surface area contributed by atoms with E-state index in [0.29, 0.717) is 0 Å². The topological polar surface area (TPSA) is 76.2 Å². The molecule has 0 saturated carbocycles. The number of nitrogens with two attached hydrogens (primary N) is 1. The Kier molecular flexibility index (Phi) is 4.98. The molecule has 0 aromatic carbocycles. The summed E-state index contributed by atoms with van der Waals surface area (Å²) in [7, 11) is 0. The van der Waals surface area contributed by atoms with Gasteiger partial charge in [0.05, 0.1) is 12.0 Å². The Morgan fingerprint density at radius 1 is 1.52 bits per heavy atom. The number of aromatic nitrogens is 1. The van der Waals surface area contributed by atoms with Crippen LogP contribution in [0.15, 0.2) is 59.8 Å². The van der Waals surface area contributed by atoms with Crippen molar-refractivity contribution >= 4 is 17.7 Å². The normalized spacial score (nSPS) is 22.5. The maximum Gasteiger partial charge on any atom is 0.304 e. The quantitative estimate of drug-likeness (QED) is 0.874. The van der Waals surface area contributed by atoms with E-state index in [0.717, 1.165) is 10.5 Å². The number of nitrogens with zero attached hydrogens (tertiary/aromatic N) is 1. The second-order valence-corrected chi connectivity index (χ2v) is 6.40. The standard InChI is InChI=1S/C16H18N2O2S/c1-16(17)7-3-2-6-13(10-16)21-14(9-15(19)20)12-5-4-8-18-11-12/h2-8,10-11,14H,9,17H2,1H3,(H,19,20). The number of rotatable bonds is 5. The third-order valence-corrected chi connectivity index (χ3v) is 4.22. The van der Waals surface area contributed by atoms with Crippen LogP contribution in [0.5, 0.6) is 0 Å². The van der Waals surface area contributed by atoms with Gasteiger partial charge in [-0.3, -0.25) is 9.78 Å². The molecule has 4 nitrogen and oxygen atoms in total. The average molecular weight is 302 g/mol. The van der Waals surface area contributed by atoms with Crippen molar-refractivity contribution in [2.45, 2.75) is 24.1 Å². The predicted octanol–water partition coefficient (Wildman–Crippen LogP) is 3.06. The van der Waals surface area contributed by atoms with Crippen molar-refractivity contribution < 1.29 is 9.90 Å². The molecule has 21 heavy (non-hydrogen) atoms. The van der Waals surface area contributed by atoms with Gasteiger partial charge in [0, 0.05) is 22.5 Å². The Morgan fingerprint density at radius 3 is 3.00 bits per heavy atom. The van der Waals surface area contributed by atoms with Gasteiger partial charge in [-0.1, -0.05) is 24.3 Å². The molecule has 0 bridgehead atoms. The minimum absolute atomic E-state index is 0.0380. The third kappa shape index (κ3) is 4.88. The molecule has 0 saturated heterocycles. The Balaban J connectivity index is 2.23. The zero-order valence-electron chi connectivity index (χ0n) is 11.8. The van der Waals surface area contributed by atoms with Gasteiger partial charge in [-0.2, -0.15) is 0 Å². The summed E-state index contributed by atoms with van der Waals surface area (Å²) in [5.41, 5.74) is 6.50. The summed E-state index contributed by atoms with van der Waals surface area (Å²) in [6.07, 6.45) is 13.1. The van der Waals surface area contributed by atoms with E-state index in [1.165, 1.54) is 11.8 Å². The maximum absolute atomic E-state index is 11.1. The molecule has 0 fully saturated rings. The van der Waals surface area contributed by atoms with Gasteiger partial charge in [0.15, 0.2) is 0 Å². The number of aliphatic carboxylic acids is 1. The molecule has 1 aromatic rings. The Labute approximate surface area is 128 Å². The first-order chi connectivity index (χ1) is 9.96. The second-order valence-electron chi connectivity index (χ2n) is 5.12. The SMILES string of the molecule is CC1(N)C=CC=CC(SC(CC(=O)O)c2cccnc2)=C1. The Hall–Kier alpha value is -1.85. The molecule has 1 heterocycles. The number of carbonyl (C=O) groups is 1. The lowest BCUT2D eigenvalue weighted by Crippen LogP contribution is -2.30. The molecular weight excluding hydrogens is 284 g/mol. The molecular formula is C16H18N2O2S. The second kappa shape index (κ2) is 6.74. The smallest absolute Gasteiger partial charge is 0.304 e. The van der Waals surface area contributed by atoms with Crippen LogP contribution < -0.4 is 5.73 Å². The van der Waals surface area contributed by atoms with E-state index < -0.39 is 11.5 Å². The third-order valence-electron chi connectivity index (χ3n) is 2.97. The van der Waals surface area contributed by atoms with Crippen LogP contribution in [0.1, 0.15) is 24.2 Å². The maximum atomic E-state index is 11.1. The van der Waals surface area contributed by atoms with Crippen LogP contribution in [0.2, 0.25) is 0 Å². The highest BCUT2D eigenvalue weighted by Crippen LogP contribution is 2.38. The van der Waals surface area contributed by atoms with E-state index in [-0.39, 0.29) is 11.7 Å². The van der Waals surface area contributed by atoms with Crippen molar-refractivity contribution in [3.05, 3.63) is 65.4 Å². The van der Waals surface area contributed by atoms with Gasteiger partial charge in [0.2, 0.25) is 0 Å². The first-order valence-corrected chi connectivity index (χ1v) is 7.50. The molecule has 0 amide bonds. The first-order valence-electron chi connectivity index (χ1n) is 6.62. The van der Waals surface area contributed by atoms with Crippen LogP contribution in [-0.2, 0) is 4.79 Å². The van der Waals surface area contributed by atoms with Gasteiger partial charge in [0.25, 0.3) is 0 Å². The molecule has 1 aliphatic rings. The lowest BCUT2D eigenvalue weighted by atomic mass is 10.0. The Morgan fingerprint density at radius 2 is 2.33 bits per heavy atom. The fraction of sp³-hybridized carbons (Fsp3) is 0.250. The summed E-state index contributed by atoms with van der Waals surface area (Å²) in [4.78, 5) is 16.1. The zero-order chi connectivity index (χ0) is 15.3. The average Bonchev–Trinajstić information content (AvgIpc) is 2.59. The minimum atomic E-state index is -0.830. The van der Waals surface area contributed by atoms with Crippen molar-refractivity contribution in [3.63, 3.8) is 0 Å². The molecule has 0 radical (unpaired) electrons. The van der Waals surface area contributed by atoms with E-state index >= 15 is 0 Å². The summed E-state index contributed by atoms with van der Waals surface area (Å²) in [6, 6.07) is 3.71. The van der Waals surface area contributed by atoms with Gasteiger partial charge in [-0.05, 0) is 30.7 Å². The Bertz CT molecular complexity index is 592. The van der Waals surface area contributed by atoms with Crippen LogP contribution in [0.25, 0.3) is 0 Å². The van der Waals surface area contributed by atoms with Gasteiger partial charge in [0.1, 0.15) is 0 Å². The predicted molar refractivity (Wildman–Crippen MR) is 85.8 cm³/mol. The lowest BCUT2D eigenvalue weighted by molar-refractivity contribution is -0.137. The largest absolute Gasteiger partial charge is 0.481 e. The highest BCUT2D eigenvalue weighted by molar-refractivity contribution is 8.03. The zero-order valence-corrected chi connectivity index (χ0v) is 12.6. The molecule has 1 aliphatic carbocycles. The van der Waals surface area contributed by atoms with E-state index in [4.69, 9.17) is 10.8 Å². The number of allylic oxidation sites excluding steroid dienone is 3. The molecule has 2 unspecified atom stereocenters. The van der Waals surface area contributed by atoms with Gasteiger partial charge >= 0.3 is 5.97 Å². The molecule has 5 heteroatoms. The summed E-state index contributed by atoms with van der Waals surface area (Å²) >= 11 is 1.50. The fourth-order valence-electron chi connectivity index (χ4n) is 2.01. The summed E-state index contributed by atoms with van der Waals surface area (Å²) in [5, 5.41) is 8.93. The molecule has 110 valence electrons. The van der Waals surface area contributed by atoms with Gasteiger partial charge in [-0.25, -0.2) is 0 Å². The van der Waals surface area contributed by atoms with Gasteiger partial charge < -0.3 is 10.8 Å². The minimum Gasteiger partial charge on any atom is -0.481 e. The summed E-state index contributed by atoms with van der Waals surface area (Å²) < 4.78 is 0. The fourth-order valence-corrected chi connectivity index (χ4v) is 3.32. The van der Waals surface area contributed by atoms with Crippen LogP contribution in [0.3, 0.4) is 0 Å². The van der Waals surface area contributed by atoms with Crippen LogP contribution in [0, 0.1) is 0 Å². The highest BCUT2D eigenvalue weighted by Gasteiger charge is 2.20. The monoisotopic (exact) mass is 302 g/mol. The lowest BCUT2D eigenvalue weighted by Gasteiger charge is -2.19. The van der Waals surface area contributed by atoms with Crippen LogP contribution in [-0.4, -0.2) is 21.6 Å². The van der Waals surface area contributed by atoms with Crippen molar-refractivity contribution in [2.24, 2.45) is 5.73 Å². The highest BCUT2D eigenvalue weighted by atomic mass is 32.2. The molecule has 0 spiro atoms. The molecule has 3 N–H and O–H groups in total. The summed E-state index contributed by atoms with van der Waals surface area (Å²) in [5.74, 6) is -0.830. The van der Waals surface area contributed by atoms with E-state index in [9.17, 15) is 4.79 Å². The van der Waals surface area contributed by atoms with E-state index in [1.807, 2.05) is 49.4 Å². The van der Waals surface area contributed by atoms with Crippen molar-refractivity contribution in [2.75, 3.05) is 0 Å². The molecule has 2 rings (SSSR count). The van der Waals surface area contributed by atoms with Crippen LogP contribution in [0.4, 0.5) is 0 Å². The first kappa shape index (κ1) is 15.5. The van der Waals surface area contributed by atoms with Crippen LogP contribution >= 0.6 is 11.8 Å². The van der Waals surface area contributed by atoms with Gasteiger partial charge in [-0.15, -0.1) is 11.8 Å². The number of hydrogen-bond donors (Lipinski definition) is 2. The number of carboxylic acid groups (broad SMARTS) is 1. The number of pyridine rings is 1. The van der Waals surface area contributed by atoms with E-state index in [1.54, 1.807) is 12.4 Å². The van der Waals surface area contributed by atoms with Crippen molar-refractivity contribution in [1.82, 2.24) is 4.98 Å². The van der Waals surface area contributed by atoms with E-state index in [2.05, 4.69) is 4.98 Å². The summed E-state index contributed by atoms with van der Waals surface area (Å²) in [6.45, 7) is 1.91. The number of hydrogen-bond acceptors (Lipinski definition) is 4. The molecule has 2 atom stereocenters. The van der Waals surface area contributed by atoms with Crippen molar-refractivity contribution in [3.8, 4) is 0 Å². The molecule has 1 aromatic heterocycles. The molecule has 0 aliphatic heterocycles.